The largest absolute Gasteiger partial charge is 0.285 e. The second-order valence-corrected chi connectivity index (χ2v) is 8.51. The first-order valence-corrected chi connectivity index (χ1v) is 9.61. The lowest BCUT2D eigenvalue weighted by Gasteiger charge is -2.03. The first-order chi connectivity index (χ1) is 10.7. The van der Waals surface area contributed by atoms with Gasteiger partial charge in [-0.1, -0.05) is 0 Å². The van der Waals surface area contributed by atoms with Crippen LogP contribution in [-0.2, 0) is 9.73 Å². The van der Waals surface area contributed by atoms with Crippen molar-refractivity contribution >= 4 is 42.9 Å². The van der Waals surface area contributed by atoms with Crippen molar-refractivity contribution in [3.8, 4) is 0 Å². The molecule has 7 heteroatoms. The van der Waals surface area contributed by atoms with Crippen molar-refractivity contribution in [2.45, 2.75) is 0 Å². The van der Waals surface area contributed by atoms with Gasteiger partial charge in [-0.05, 0) is 58.4 Å². The molecule has 0 saturated carbocycles. The number of benzene rings is 2. The van der Waals surface area contributed by atoms with E-state index in [9.17, 15) is 18.2 Å². The number of nitrogens with zero attached hydrogens (tertiary/aromatic N) is 1. The van der Waals surface area contributed by atoms with Crippen LogP contribution < -0.4 is 0 Å². The van der Waals surface area contributed by atoms with Crippen LogP contribution in [0.4, 0.5) is 10.1 Å². The molecule has 0 N–H and O–H groups in total. The molecule has 0 fully saturated rings. The Hall–Kier alpha value is -1.86. The molecule has 0 bridgehead atoms. The molecule has 0 unspecified atom stereocenters. The van der Waals surface area contributed by atoms with Crippen LogP contribution in [0.1, 0.15) is 20.7 Å². The molecular weight excluding hydrogens is 385 g/mol. The molecule has 120 valence electrons. The van der Waals surface area contributed by atoms with Crippen LogP contribution in [-0.4, -0.2) is 28.3 Å². The minimum atomic E-state index is -2.30. The number of ketones is 2. The Morgan fingerprint density at radius 2 is 1.52 bits per heavy atom. The van der Waals surface area contributed by atoms with E-state index in [2.05, 4.69) is 20.3 Å². The highest BCUT2D eigenvalue weighted by molar-refractivity contribution is 9.10. The zero-order chi connectivity index (χ0) is 17.2. The topological polar surface area (TPSA) is 63.6 Å². The minimum Gasteiger partial charge on any atom is -0.285 e. The first-order valence-electron chi connectivity index (χ1n) is 6.48. The molecule has 0 saturated heterocycles. The van der Waals surface area contributed by atoms with Crippen molar-refractivity contribution in [2.24, 2.45) is 4.36 Å². The molecule has 0 amide bonds. The molecule has 2 aromatic carbocycles. The predicted octanol–water partition coefficient (Wildman–Crippen LogP) is 4.01. The summed E-state index contributed by atoms with van der Waals surface area (Å²) in [7, 11) is -2.30. The molecule has 4 nitrogen and oxygen atoms in total. The van der Waals surface area contributed by atoms with Crippen molar-refractivity contribution in [2.75, 3.05) is 12.5 Å². The lowest BCUT2D eigenvalue weighted by Crippen LogP contribution is -2.14. The van der Waals surface area contributed by atoms with Crippen LogP contribution in [0, 0.1) is 5.82 Å². The van der Waals surface area contributed by atoms with Gasteiger partial charge in [0.15, 0.2) is 0 Å². The average molecular weight is 398 g/mol. The molecule has 23 heavy (non-hydrogen) atoms. The SMILES string of the molecule is CS(C)(=O)=Nc1ccc(C(=O)C(=O)c2ccc(F)c(Br)c2)cc1. The summed E-state index contributed by atoms with van der Waals surface area (Å²) in [6, 6.07) is 9.58. The molecule has 0 aliphatic carbocycles. The molecule has 0 atom stereocenters. The Labute approximate surface area is 142 Å². The van der Waals surface area contributed by atoms with Crippen LogP contribution in [0.3, 0.4) is 0 Å². The lowest BCUT2D eigenvalue weighted by atomic mass is 10.0. The number of carbonyl (C=O) groups excluding carboxylic acids is 2. The second kappa shape index (κ2) is 6.72. The van der Waals surface area contributed by atoms with E-state index < -0.39 is 27.1 Å². The van der Waals surface area contributed by atoms with E-state index in [4.69, 9.17) is 0 Å². The number of carbonyl (C=O) groups is 2. The Morgan fingerprint density at radius 3 is 2.04 bits per heavy atom. The number of hydrogen-bond donors (Lipinski definition) is 0. The van der Waals surface area contributed by atoms with Gasteiger partial charge >= 0.3 is 0 Å². The molecule has 0 radical (unpaired) electrons. The molecule has 0 heterocycles. The van der Waals surface area contributed by atoms with E-state index in [0.717, 1.165) is 6.07 Å². The summed E-state index contributed by atoms with van der Waals surface area (Å²) in [6.07, 6.45) is 3.00. The van der Waals surface area contributed by atoms with E-state index in [1.807, 2.05) is 0 Å². The maximum Gasteiger partial charge on any atom is 0.233 e. The third kappa shape index (κ3) is 4.56. The molecular formula is C16H13BrFNO3S. The van der Waals surface area contributed by atoms with Crippen LogP contribution in [0.5, 0.6) is 0 Å². The zero-order valence-electron chi connectivity index (χ0n) is 12.4. The first kappa shape index (κ1) is 17.5. The summed E-state index contributed by atoms with van der Waals surface area (Å²) in [5.74, 6) is -1.95. The van der Waals surface area contributed by atoms with Crippen molar-refractivity contribution in [1.29, 1.82) is 0 Å². The highest BCUT2D eigenvalue weighted by Crippen LogP contribution is 2.20. The molecule has 0 aliphatic heterocycles. The molecule has 0 spiro atoms. The maximum atomic E-state index is 13.2. The molecule has 2 rings (SSSR count). The Kier molecular flexibility index (Phi) is 5.11. The summed E-state index contributed by atoms with van der Waals surface area (Å²) >= 11 is 2.98. The van der Waals surface area contributed by atoms with Gasteiger partial charge in [0.05, 0.1) is 10.2 Å². The molecule has 0 aliphatic rings. The van der Waals surface area contributed by atoms with Gasteiger partial charge in [-0.3, -0.25) is 9.59 Å². The highest BCUT2D eigenvalue weighted by atomic mass is 79.9. The predicted molar refractivity (Wildman–Crippen MR) is 91.3 cm³/mol. The summed E-state index contributed by atoms with van der Waals surface area (Å²) in [4.78, 5) is 24.4. The normalized spacial score (nSPS) is 11.1. The second-order valence-electron chi connectivity index (χ2n) is 5.11. The zero-order valence-corrected chi connectivity index (χ0v) is 14.8. The van der Waals surface area contributed by atoms with Crippen LogP contribution in [0.2, 0.25) is 0 Å². The number of halogens is 2. The van der Waals surface area contributed by atoms with E-state index in [0.29, 0.717) is 5.69 Å². The van der Waals surface area contributed by atoms with Crippen molar-refractivity contribution in [3.05, 3.63) is 63.9 Å². The van der Waals surface area contributed by atoms with E-state index in [1.165, 1.54) is 48.9 Å². The monoisotopic (exact) mass is 397 g/mol. The van der Waals surface area contributed by atoms with Crippen molar-refractivity contribution < 1.29 is 18.2 Å². The molecule has 0 aromatic heterocycles. The van der Waals surface area contributed by atoms with E-state index >= 15 is 0 Å². The lowest BCUT2D eigenvalue weighted by molar-refractivity contribution is 0.0817. The summed E-state index contributed by atoms with van der Waals surface area (Å²) in [5.41, 5.74) is 0.754. The van der Waals surface area contributed by atoms with Gasteiger partial charge in [-0.25, -0.2) is 8.60 Å². The van der Waals surface area contributed by atoms with Crippen LogP contribution >= 0.6 is 15.9 Å². The van der Waals surface area contributed by atoms with Crippen molar-refractivity contribution in [1.82, 2.24) is 0 Å². The number of rotatable bonds is 4. The van der Waals surface area contributed by atoms with Crippen LogP contribution in [0.15, 0.2) is 51.3 Å². The van der Waals surface area contributed by atoms with Gasteiger partial charge in [-0.2, -0.15) is 4.36 Å². The standard InChI is InChI=1S/C16H13BrFNO3S/c1-23(2,22)19-12-6-3-10(4-7-12)15(20)16(21)11-5-8-14(18)13(17)9-11/h3-9H,1-2H3. The third-order valence-electron chi connectivity index (χ3n) is 2.84. The van der Waals surface area contributed by atoms with Gasteiger partial charge in [0.1, 0.15) is 5.82 Å². The fourth-order valence-electron chi connectivity index (χ4n) is 1.83. The Balaban J connectivity index is 2.28. The molecule has 2 aromatic rings. The van der Waals surface area contributed by atoms with Gasteiger partial charge in [-0.15, -0.1) is 0 Å². The number of Topliss-reactive ketones (excluding diaryl/α,β-unsaturated/α-hetero) is 2. The fourth-order valence-corrected chi connectivity index (χ4v) is 2.84. The summed E-state index contributed by atoms with van der Waals surface area (Å²) < 4.78 is 28.9. The van der Waals surface area contributed by atoms with Crippen molar-refractivity contribution in [3.63, 3.8) is 0 Å². The number of hydrogen-bond acceptors (Lipinski definition) is 4. The Bertz CT molecular complexity index is 892. The van der Waals surface area contributed by atoms with Gasteiger partial charge in [0, 0.05) is 33.4 Å². The summed E-state index contributed by atoms with van der Waals surface area (Å²) in [5, 5.41) is 0. The quantitative estimate of drug-likeness (QED) is 0.578. The van der Waals surface area contributed by atoms with Gasteiger partial charge in [0.2, 0.25) is 11.6 Å². The highest BCUT2D eigenvalue weighted by Gasteiger charge is 2.19. The maximum absolute atomic E-state index is 13.2. The fraction of sp³-hybridized carbons (Fsp3) is 0.125. The van der Waals surface area contributed by atoms with E-state index in [1.54, 1.807) is 0 Å². The van der Waals surface area contributed by atoms with Crippen LogP contribution in [0.25, 0.3) is 0 Å². The average Bonchev–Trinajstić information content (AvgIpc) is 2.48. The summed E-state index contributed by atoms with van der Waals surface area (Å²) in [6.45, 7) is 0. The smallest absolute Gasteiger partial charge is 0.233 e. The third-order valence-corrected chi connectivity index (χ3v) is 4.10. The Morgan fingerprint density at radius 1 is 1.00 bits per heavy atom. The van der Waals surface area contributed by atoms with Gasteiger partial charge in [0.25, 0.3) is 0 Å². The van der Waals surface area contributed by atoms with Gasteiger partial charge < -0.3 is 0 Å². The van der Waals surface area contributed by atoms with E-state index in [-0.39, 0.29) is 15.6 Å². The minimum absolute atomic E-state index is 0.0992.